The number of nitrogens with one attached hydrogen (secondary N) is 3. The summed E-state index contributed by atoms with van der Waals surface area (Å²) >= 11 is 1.90. The zero-order chi connectivity index (χ0) is 16.8. The number of guanidine groups is 1. The molecule has 0 aromatic heterocycles. The van der Waals surface area contributed by atoms with Crippen LogP contribution in [0.4, 0.5) is 0 Å². The highest BCUT2D eigenvalue weighted by atomic mass is 32.2. The predicted molar refractivity (Wildman–Crippen MR) is 96.5 cm³/mol. The fourth-order valence-electron chi connectivity index (χ4n) is 2.08. The van der Waals surface area contributed by atoms with Crippen molar-refractivity contribution in [3.05, 3.63) is 30.3 Å². The molecule has 1 fully saturated rings. The van der Waals surface area contributed by atoms with Gasteiger partial charge < -0.3 is 10.6 Å². The van der Waals surface area contributed by atoms with Gasteiger partial charge in [0.25, 0.3) is 0 Å². The molecule has 0 bridgehead atoms. The fourth-order valence-corrected chi connectivity index (χ4v) is 3.79. The predicted octanol–water partition coefficient (Wildman–Crippen LogP) is 1.03. The summed E-state index contributed by atoms with van der Waals surface area (Å²) in [5.74, 6) is 0.695. The lowest BCUT2D eigenvalue weighted by molar-refractivity contribution is 0.586. The molecule has 3 N–H and O–H groups in total. The third kappa shape index (κ3) is 6.80. The molecular formula is C15H24N4O2S2. The minimum Gasteiger partial charge on any atom is -0.355 e. The largest absolute Gasteiger partial charge is 0.355 e. The summed E-state index contributed by atoms with van der Waals surface area (Å²) in [5, 5.41) is 6.44. The van der Waals surface area contributed by atoms with Crippen molar-refractivity contribution in [1.82, 2.24) is 15.4 Å². The second-order valence-corrected chi connectivity index (χ2v) is 8.99. The van der Waals surface area contributed by atoms with E-state index in [-0.39, 0.29) is 4.75 Å². The van der Waals surface area contributed by atoms with Gasteiger partial charge in [-0.05, 0) is 25.0 Å². The van der Waals surface area contributed by atoms with Crippen molar-refractivity contribution in [3.8, 4) is 0 Å². The van der Waals surface area contributed by atoms with Gasteiger partial charge >= 0.3 is 0 Å². The van der Waals surface area contributed by atoms with E-state index in [2.05, 4.69) is 44.6 Å². The van der Waals surface area contributed by atoms with Gasteiger partial charge in [0.15, 0.2) is 5.96 Å². The number of hydrogen-bond acceptors (Lipinski definition) is 4. The molecule has 8 heteroatoms. The third-order valence-corrected chi connectivity index (χ3v) is 5.69. The van der Waals surface area contributed by atoms with Gasteiger partial charge in [-0.3, -0.25) is 4.99 Å². The highest BCUT2D eigenvalue weighted by Gasteiger charge is 2.43. The molecule has 1 saturated carbocycles. The summed E-state index contributed by atoms with van der Waals surface area (Å²) in [7, 11) is -1.43. The molecule has 0 amide bonds. The maximum Gasteiger partial charge on any atom is 0.208 e. The SMILES string of the molecule is CN=C(NCCNS(C)(=O)=O)NCC1(Sc2ccccc2)CC1. The van der Waals surface area contributed by atoms with Crippen molar-refractivity contribution < 1.29 is 8.42 Å². The van der Waals surface area contributed by atoms with Crippen LogP contribution in [0.3, 0.4) is 0 Å². The van der Waals surface area contributed by atoms with Crippen LogP contribution in [0.25, 0.3) is 0 Å². The molecule has 0 spiro atoms. The molecule has 1 aromatic rings. The van der Waals surface area contributed by atoms with Gasteiger partial charge in [0, 0.05) is 36.3 Å². The first-order chi connectivity index (χ1) is 10.9. The molecule has 6 nitrogen and oxygen atoms in total. The monoisotopic (exact) mass is 356 g/mol. The Morgan fingerprint density at radius 3 is 2.48 bits per heavy atom. The number of sulfonamides is 1. The average molecular weight is 357 g/mol. The Morgan fingerprint density at radius 2 is 1.91 bits per heavy atom. The molecule has 0 radical (unpaired) electrons. The van der Waals surface area contributed by atoms with E-state index in [1.807, 2.05) is 17.8 Å². The Morgan fingerprint density at radius 1 is 1.22 bits per heavy atom. The maximum atomic E-state index is 11.0. The fraction of sp³-hybridized carbons (Fsp3) is 0.533. The molecule has 0 aliphatic heterocycles. The van der Waals surface area contributed by atoms with E-state index < -0.39 is 10.0 Å². The average Bonchev–Trinajstić information content (AvgIpc) is 3.26. The van der Waals surface area contributed by atoms with E-state index in [1.54, 1.807) is 7.05 Å². The van der Waals surface area contributed by atoms with Crippen molar-refractivity contribution in [2.24, 2.45) is 4.99 Å². The van der Waals surface area contributed by atoms with E-state index in [4.69, 9.17) is 0 Å². The molecule has 1 aromatic carbocycles. The highest BCUT2D eigenvalue weighted by molar-refractivity contribution is 8.01. The summed E-state index contributed by atoms with van der Waals surface area (Å²) in [6.45, 7) is 1.67. The van der Waals surface area contributed by atoms with Crippen LogP contribution in [0.5, 0.6) is 0 Å². The molecule has 1 aliphatic carbocycles. The zero-order valence-corrected chi connectivity index (χ0v) is 15.1. The van der Waals surface area contributed by atoms with E-state index in [0.29, 0.717) is 19.0 Å². The van der Waals surface area contributed by atoms with Gasteiger partial charge in [-0.15, -0.1) is 11.8 Å². The molecule has 128 valence electrons. The number of benzene rings is 1. The Labute approximate surface area is 142 Å². The van der Waals surface area contributed by atoms with Gasteiger partial charge in [0.05, 0.1) is 6.26 Å². The molecule has 1 aliphatic rings. The van der Waals surface area contributed by atoms with Gasteiger partial charge in [0.2, 0.25) is 10.0 Å². The summed E-state index contributed by atoms with van der Waals surface area (Å²) in [6, 6.07) is 10.4. The number of thioether (sulfide) groups is 1. The molecule has 0 heterocycles. The smallest absolute Gasteiger partial charge is 0.208 e. The summed E-state index contributed by atoms with van der Waals surface area (Å²) < 4.78 is 24.7. The standard InChI is InChI=1S/C15H24N4O2S2/c1-16-14(17-10-11-19-23(2,20)21)18-12-15(8-9-15)22-13-6-4-3-5-7-13/h3-7,19H,8-12H2,1-2H3,(H2,16,17,18). The first-order valence-electron chi connectivity index (χ1n) is 7.56. The van der Waals surface area contributed by atoms with E-state index in [1.165, 1.54) is 17.7 Å². The van der Waals surface area contributed by atoms with E-state index >= 15 is 0 Å². The molecule has 0 unspecified atom stereocenters. The van der Waals surface area contributed by atoms with E-state index in [9.17, 15) is 8.42 Å². The molecular weight excluding hydrogens is 332 g/mol. The van der Waals surface area contributed by atoms with Crippen molar-refractivity contribution in [2.75, 3.05) is 32.9 Å². The van der Waals surface area contributed by atoms with Crippen LogP contribution in [0.15, 0.2) is 40.2 Å². The Hall–Kier alpha value is -1.25. The van der Waals surface area contributed by atoms with Gasteiger partial charge in [0.1, 0.15) is 0 Å². The van der Waals surface area contributed by atoms with Crippen LogP contribution in [0, 0.1) is 0 Å². The number of hydrogen-bond donors (Lipinski definition) is 3. The van der Waals surface area contributed by atoms with Crippen molar-refractivity contribution in [3.63, 3.8) is 0 Å². The van der Waals surface area contributed by atoms with Crippen LogP contribution in [-0.4, -0.2) is 52.1 Å². The van der Waals surface area contributed by atoms with Crippen LogP contribution in [0.2, 0.25) is 0 Å². The number of nitrogens with zero attached hydrogens (tertiary/aromatic N) is 1. The summed E-state index contributed by atoms with van der Waals surface area (Å²) in [5.41, 5.74) is 0. The van der Waals surface area contributed by atoms with Gasteiger partial charge in [-0.1, -0.05) is 18.2 Å². The van der Waals surface area contributed by atoms with Crippen LogP contribution >= 0.6 is 11.8 Å². The second-order valence-electron chi connectivity index (χ2n) is 5.62. The quantitative estimate of drug-likeness (QED) is 0.368. The molecule has 0 atom stereocenters. The number of rotatable bonds is 8. The third-order valence-electron chi connectivity index (χ3n) is 3.47. The molecule has 2 rings (SSSR count). The van der Waals surface area contributed by atoms with Crippen molar-refractivity contribution in [2.45, 2.75) is 22.5 Å². The topological polar surface area (TPSA) is 82.6 Å². The van der Waals surface area contributed by atoms with E-state index in [0.717, 1.165) is 12.8 Å². The normalized spacial score (nSPS) is 16.9. The lowest BCUT2D eigenvalue weighted by Crippen LogP contribution is -2.43. The minimum absolute atomic E-state index is 0.240. The van der Waals surface area contributed by atoms with Gasteiger partial charge in [-0.25, -0.2) is 13.1 Å². The van der Waals surface area contributed by atoms with Gasteiger partial charge in [-0.2, -0.15) is 0 Å². The molecule has 23 heavy (non-hydrogen) atoms. The first kappa shape index (κ1) is 18.1. The lowest BCUT2D eigenvalue weighted by atomic mass is 10.4. The Bertz CT molecular complexity index is 628. The number of aliphatic imine (C=N–C) groups is 1. The zero-order valence-electron chi connectivity index (χ0n) is 13.5. The second kappa shape index (κ2) is 8.03. The highest BCUT2D eigenvalue weighted by Crippen LogP contribution is 2.51. The summed E-state index contributed by atoms with van der Waals surface area (Å²) in [4.78, 5) is 5.45. The lowest BCUT2D eigenvalue weighted by Gasteiger charge is -2.18. The summed E-state index contributed by atoms with van der Waals surface area (Å²) in [6.07, 6.45) is 3.52. The molecule has 0 saturated heterocycles. The Balaban J connectivity index is 1.73. The van der Waals surface area contributed by atoms with Crippen molar-refractivity contribution in [1.29, 1.82) is 0 Å². The van der Waals surface area contributed by atoms with Crippen molar-refractivity contribution >= 4 is 27.7 Å². The van der Waals surface area contributed by atoms with Crippen LogP contribution in [-0.2, 0) is 10.0 Å². The van der Waals surface area contributed by atoms with Crippen LogP contribution < -0.4 is 15.4 Å². The first-order valence-corrected chi connectivity index (χ1v) is 10.3. The Kier molecular flexibility index (Phi) is 6.32. The maximum absolute atomic E-state index is 11.0. The van der Waals surface area contributed by atoms with Crippen LogP contribution in [0.1, 0.15) is 12.8 Å². The minimum atomic E-state index is -3.14.